The van der Waals surface area contributed by atoms with E-state index in [2.05, 4.69) is 20.3 Å². The summed E-state index contributed by atoms with van der Waals surface area (Å²) < 4.78 is 24.4. The molecule has 1 aliphatic rings. The van der Waals surface area contributed by atoms with Crippen molar-refractivity contribution < 1.29 is 8.42 Å². The SMILES string of the molecule is CN(CC1CCCN(Cc2nnn(C)n2)C1)S(C)(=O)=O. The molecule has 2 heterocycles. The lowest BCUT2D eigenvalue weighted by molar-refractivity contribution is 0.152. The van der Waals surface area contributed by atoms with E-state index in [1.165, 1.54) is 15.4 Å². The van der Waals surface area contributed by atoms with Gasteiger partial charge in [-0.15, -0.1) is 10.2 Å². The van der Waals surface area contributed by atoms with Gasteiger partial charge < -0.3 is 0 Å². The Hall–Kier alpha value is -1.06. The molecule has 0 amide bonds. The lowest BCUT2D eigenvalue weighted by Crippen LogP contribution is -2.41. The Bertz CT molecular complexity index is 543. The van der Waals surface area contributed by atoms with E-state index >= 15 is 0 Å². The molecule has 1 aliphatic heterocycles. The summed E-state index contributed by atoms with van der Waals surface area (Å²) in [6.07, 6.45) is 3.38. The van der Waals surface area contributed by atoms with Crippen molar-refractivity contribution in [3.8, 4) is 0 Å². The first-order valence-electron chi connectivity index (χ1n) is 6.71. The van der Waals surface area contributed by atoms with Crippen molar-refractivity contribution in [1.82, 2.24) is 29.4 Å². The summed E-state index contributed by atoms with van der Waals surface area (Å²) in [6, 6.07) is 0. The maximum Gasteiger partial charge on any atom is 0.210 e. The predicted octanol–water partition coefficient (Wildman–Crippen LogP) is -0.686. The molecule has 0 N–H and O–H groups in total. The van der Waals surface area contributed by atoms with Gasteiger partial charge in [-0.2, -0.15) is 4.80 Å². The van der Waals surface area contributed by atoms with Gasteiger partial charge in [0.15, 0.2) is 5.82 Å². The normalized spacial score (nSPS) is 21.5. The number of hydrogen-bond donors (Lipinski definition) is 0. The van der Waals surface area contributed by atoms with E-state index in [4.69, 9.17) is 0 Å². The Balaban J connectivity index is 1.88. The second-order valence-corrected chi connectivity index (χ2v) is 7.57. The second kappa shape index (κ2) is 6.15. The Labute approximate surface area is 119 Å². The van der Waals surface area contributed by atoms with Crippen LogP contribution in [0.25, 0.3) is 0 Å². The van der Waals surface area contributed by atoms with Crippen LogP contribution in [0.3, 0.4) is 0 Å². The van der Waals surface area contributed by atoms with Gasteiger partial charge in [-0.1, -0.05) is 0 Å². The third kappa shape index (κ3) is 4.22. The van der Waals surface area contributed by atoms with Crippen molar-refractivity contribution in [1.29, 1.82) is 0 Å². The highest BCUT2D eigenvalue weighted by Gasteiger charge is 2.24. The third-order valence-corrected chi connectivity index (χ3v) is 4.88. The fourth-order valence-corrected chi connectivity index (χ4v) is 3.01. The largest absolute Gasteiger partial charge is 0.295 e. The number of tetrazole rings is 1. The predicted molar refractivity (Wildman–Crippen MR) is 74.3 cm³/mol. The summed E-state index contributed by atoms with van der Waals surface area (Å²) in [5.41, 5.74) is 0. The molecule has 0 radical (unpaired) electrons. The second-order valence-electron chi connectivity index (χ2n) is 5.48. The quantitative estimate of drug-likeness (QED) is 0.716. The molecular weight excluding hydrogens is 280 g/mol. The number of sulfonamides is 1. The minimum atomic E-state index is -3.10. The molecule has 9 heteroatoms. The lowest BCUT2D eigenvalue weighted by atomic mass is 9.98. The van der Waals surface area contributed by atoms with Crippen molar-refractivity contribution in [3.63, 3.8) is 0 Å². The van der Waals surface area contributed by atoms with Crippen LogP contribution in [0.1, 0.15) is 18.7 Å². The zero-order chi connectivity index (χ0) is 14.8. The van der Waals surface area contributed by atoms with Crippen LogP contribution in [0, 0.1) is 5.92 Å². The Morgan fingerprint density at radius 3 is 2.80 bits per heavy atom. The summed E-state index contributed by atoms with van der Waals surface area (Å²) in [4.78, 5) is 3.72. The van der Waals surface area contributed by atoms with Crippen molar-refractivity contribution in [2.45, 2.75) is 19.4 Å². The molecule has 1 aromatic heterocycles. The van der Waals surface area contributed by atoms with Gasteiger partial charge in [0.25, 0.3) is 0 Å². The lowest BCUT2D eigenvalue weighted by Gasteiger charge is -2.33. The van der Waals surface area contributed by atoms with Gasteiger partial charge in [0.05, 0.1) is 19.8 Å². The number of aromatic nitrogens is 4. The van der Waals surface area contributed by atoms with E-state index < -0.39 is 10.0 Å². The molecule has 1 unspecified atom stereocenters. The van der Waals surface area contributed by atoms with E-state index in [1.54, 1.807) is 14.1 Å². The zero-order valence-corrected chi connectivity index (χ0v) is 13.0. The zero-order valence-electron chi connectivity index (χ0n) is 12.2. The van der Waals surface area contributed by atoms with Crippen molar-refractivity contribution in [2.24, 2.45) is 13.0 Å². The van der Waals surface area contributed by atoms with E-state index in [1.807, 2.05) is 0 Å². The summed E-state index contributed by atoms with van der Waals surface area (Å²) >= 11 is 0. The van der Waals surface area contributed by atoms with Crippen LogP contribution in [0.15, 0.2) is 0 Å². The van der Waals surface area contributed by atoms with E-state index in [0.29, 0.717) is 24.8 Å². The van der Waals surface area contributed by atoms with E-state index in [9.17, 15) is 8.42 Å². The number of hydrogen-bond acceptors (Lipinski definition) is 6. The van der Waals surface area contributed by atoms with Crippen LogP contribution in [0.4, 0.5) is 0 Å². The summed E-state index contributed by atoms with van der Waals surface area (Å²) in [7, 11) is 0.286. The molecule has 8 nitrogen and oxygen atoms in total. The highest BCUT2D eigenvalue weighted by molar-refractivity contribution is 7.88. The highest BCUT2D eigenvalue weighted by Crippen LogP contribution is 2.19. The number of nitrogens with zero attached hydrogens (tertiary/aromatic N) is 6. The molecule has 0 aromatic carbocycles. The van der Waals surface area contributed by atoms with Crippen molar-refractivity contribution >= 4 is 10.0 Å². The number of rotatable bonds is 5. The summed E-state index contributed by atoms with van der Waals surface area (Å²) in [6.45, 7) is 3.12. The number of piperidine rings is 1. The minimum absolute atomic E-state index is 0.361. The van der Waals surface area contributed by atoms with Crippen LogP contribution in [-0.4, -0.2) is 70.8 Å². The molecule has 0 saturated carbocycles. The molecule has 20 heavy (non-hydrogen) atoms. The molecule has 0 spiro atoms. The molecule has 0 bridgehead atoms. The molecule has 1 saturated heterocycles. The Morgan fingerprint density at radius 2 is 2.20 bits per heavy atom. The molecule has 1 atom stereocenters. The fraction of sp³-hybridized carbons (Fsp3) is 0.909. The van der Waals surface area contributed by atoms with Gasteiger partial charge in [-0.3, -0.25) is 4.90 Å². The molecule has 2 rings (SSSR count). The maximum absolute atomic E-state index is 11.5. The van der Waals surface area contributed by atoms with Crippen LogP contribution in [0.5, 0.6) is 0 Å². The molecular formula is C11H22N6O2S. The smallest absolute Gasteiger partial charge is 0.210 e. The first kappa shape index (κ1) is 15.3. The molecule has 1 aromatic rings. The Kier molecular flexibility index (Phi) is 4.71. The first-order chi connectivity index (χ1) is 9.34. The molecule has 114 valence electrons. The van der Waals surface area contributed by atoms with Gasteiger partial charge in [-0.05, 0) is 30.5 Å². The van der Waals surface area contributed by atoms with Crippen LogP contribution >= 0.6 is 0 Å². The maximum atomic E-state index is 11.5. The Morgan fingerprint density at radius 1 is 1.45 bits per heavy atom. The molecule has 0 aliphatic carbocycles. The van der Waals surface area contributed by atoms with Crippen LogP contribution in [0.2, 0.25) is 0 Å². The third-order valence-electron chi connectivity index (χ3n) is 3.60. The summed E-state index contributed by atoms with van der Waals surface area (Å²) in [5.74, 6) is 1.07. The average molecular weight is 302 g/mol. The standard InChI is InChI=1S/C11H22N6O2S/c1-15(20(3,18)19)7-10-5-4-6-17(8-10)9-11-12-14-16(2)13-11/h10H,4-9H2,1-3H3. The summed E-state index contributed by atoms with van der Waals surface area (Å²) in [5, 5.41) is 12.0. The van der Waals surface area contributed by atoms with Gasteiger partial charge in [0.2, 0.25) is 10.0 Å². The van der Waals surface area contributed by atoms with Crippen molar-refractivity contribution in [2.75, 3.05) is 32.9 Å². The van der Waals surface area contributed by atoms with E-state index in [-0.39, 0.29) is 0 Å². The van der Waals surface area contributed by atoms with Crippen LogP contribution in [-0.2, 0) is 23.6 Å². The van der Waals surface area contributed by atoms with Gasteiger partial charge in [0, 0.05) is 20.1 Å². The average Bonchev–Trinajstić information content (AvgIpc) is 2.74. The highest BCUT2D eigenvalue weighted by atomic mass is 32.2. The van der Waals surface area contributed by atoms with Gasteiger partial charge in [-0.25, -0.2) is 12.7 Å². The van der Waals surface area contributed by atoms with E-state index in [0.717, 1.165) is 25.9 Å². The molecule has 1 fully saturated rings. The van der Waals surface area contributed by atoms with Crippen molar-refractivity contribution in [3.05, 3.63) is 5.82 Å². The monoisotopic (exact) mass is 302 g/mol. The van der Waals surface area contributed by atoms with Crippen LogP contribution < -0.4 is 0 Å². The first-order valence-corrected chi connectivity index (χ1v) is 8.56. The number of aryl methyl sites for hydroxylation is 1. The minimum Gasteiger partial charge on any atom is -0.295 e. The van der Waals surface area contributed by atoms with Gasteiger partial charge in [0.1, 0.15) is 0 Å². The number of likely N-dealkylation sites (tertiary alicyclic amines) is 1. The topological polar surface area (TPSA) is 84.2 Å². The fourth-order valence-electron chi connectivity index (χ4n) is 2.53. The van der Waals surface area contributed by atoms with Gasteiger partial charge >= 0.3 is 0 Å².